The van der Waals surface area contributed by atoms with Crippen LogP contribution in [-0.2, 0) is 27.2 Å². The first-order chi connectivity index (χ1) is 16.4. The molecule has 2 aromatic carbocycles. The Kier molecular flexibility index (Phi) is 7.46. The SMILES string of the molecule is CC(=O)SCC(Cc1ccc2c(c1)OCO2)C(=O)N[C@@H](CCc1ccc2c(c1)OCO2)C(=O)O. The van der Waals surface area contributed by atoms with E-state index in [2.05, 4.69) is 5.32 Å². The first-order valence-electron chi connectivity index (χ1n) is 10.8. The predicted octanol–water partition coefficient (Wildman–Crippen LogP) is 2.78. The lowest BCUT2D eigenvalue weighted by Crippen LogP contribution is -2.45. The first kappa shape index (κ1) is 23.7. The number of amides is 1. The number of carboxylic acids is 1. The highest BCUT2D eigenvalue weighted by molar-refractivity contribution is 8.13. The fourth-order valence-corrected chi connectivity index (χ4v) is 4.46. The summed E-state index contributed by atoms with van der Waals surface area (Å²) in [6, 6.07) is 9.78. The number of carbonyl (C=O) groups excluding carboxylic acids is 2. The molecule has 1 unspecified atom stereocenters. The van der Waals surface area contributed by atoms with Gasteiger partial charge in [0.05, 0.1) is 5.92 Å². The molecule has 0 saturated carbocycles. The summed E-state index contributed by atoms with van der Waals surface area (Å²) in [7, 11) is 0. The van der Waals surface area contributed by atoms with Crippen LogP contribution in [0.15, 0.2) is 36.4 Å². The van der Waals surface area contributed by atoms with E-state index < -0.39 is 23.8 Å². The maximum atomic E-state index is 13.1. The second-order valence-electron chi connectivity index (χ2n) is 8.02. The molecule has 2 aromatic rings. The molecule has 0 saturated heterocycles. The maximum Gasteiger partial charge on any atom is 0.326 e. The van der Waals surface area contributed by atoms with E-state index >= 15 is 0 Å². The highest BCUT2D eigenvalue weighted by Crippen LogP contribution is 2.34. The van der Waals surface area contributed by atoms with E-state index in [0.29, 0.717) is 35.8 Å². The molecule has 0 fully saturated rings. The number of fused-ring (bicyclic) bond motifs is 2. The van der Waals surface area contributed by atoms with E-state index in [0.717, 1.165) is 22.9 Å². The average Bonchev–Trinajstić information content (AvgIpc) is 3.47. The average molecular weight is 488 g/mol. The lowest BCUT2D eigenvalue weighted by molar-refractivity contribution is -0.142. The normalized spacial score (nSPS) is 15.0. The Hall–Kier alpha value is -3.40. The molecule has 0 radical (unpaired) electrons. The molecule has 0 spiro atoms. The largest absolute Gasteiger partial charge is 0.480 e. The van der Waals surface area contributed by atoms with Gasteiger partial charge in [0.2, 0.25) is 19.5 Å². The number of carboxylic acid groups (broad SMARTS) is 1. The van der Waals surface area contributed by atoms with Gasteiger partial charge in [-0.05, 0) is 54.7 Å². The molecule has 0 aromatic heterocycles. The van der Waals surface area contributed by atoms with Gasteiger partial charge < -0.3 is 29.4 Å². The minimum Gasteiger partial charge on any atom is -0.480 e. The van der Waals surface area contributed by atoms with Crippen LogP contribution >= 0.6 is 11.8 Å². The fraction of sp³-hybridized carbons (Fsp3) is 0.375. The third kappa shape index (κ3) is 5.93. The second kappa shape index (κ2) is 10.7. The number of carbonyl (C=O) groups is 3. The van der Waals surface area contributed by atoms with E-state index in [-0.39, 0.29) is 30.9 Å². The van der Waals surface area contributed by atoms with E-state index in [9.17, 15) is 19.5 Å². The number of thioether (sulfide) groups is 1. The van der Waals surface area contributed by atoms with Crippen molar-refractivity contribution in [2.75, 3.05) is 19.3 Å². The van der Waals surface area contributed by atoms with Crippen molar-refractivity contribution in [2.24, 2.45) is 5.92 Å². The summed E-state index contributed by atoms with van der Waals surface area (Å²) >= 11 is 1.04. The maximum absolute atomic E-state index is 13.1. The molecule has 0 bridgehead atoms. The molecule has 2 N–H and O–H groups in total. The number of ether oxygens (including phenoxy) is 4. The molecule has 4 rings (SSSR count). The van der Waals surface area contributed by atoms with Crippen molar-refractivity contribution < 1.29 is 38.4 Å². The summed E-state index contributed by atoms with van der Waals surface area (Å²) in [5, 5.41) is 12.3. The van der Waals surface area contributed by atoms with Gasteiger partial charge in [0.1, 0.15) is 6.04 Å². The molecule has 1 amide bonds. The van der Waals surface area contributed by atoms with Gasteiger partial charge in [-0.3, -0.25) is 9.59 Å². The van der Waals surface area contributed by atoms with Crippen molar-refractivity contribution in [3.8, 4) is 23.0 Å². The standard InChI is InChI=1S/C24H25NO8S/c1-14(26)34-11-17(8-16-4-7-20-22(10-16)33-13-31-20)23(27)25-18(24(28)29)5-2-15-3-6-19-21(9-15)32-12-30-19/h3-4,6-7,9-10,17-18H,2,5,8,11-13H2,1H3,(H,25,27)(H,28,29)/t17?,18-/m0/s1. The van der Waals surface area contributed by atoms with Gasteiger partial charge >= 0.3 is 5.97 Å². The number of aliphatic carboxylic acids is 1. The number of benzene rings is 2. The molecular weight excluding hydrogens is 462 g/mol. The number of aryl methyl sites for hydroxylation is 1. The lowest BCUT2D eigenvalue weighted by Gasteiger charge is -2.20. The van der Waals surface area contributed by atoms with E-state index in [1.165, 1.54) is 6.92 Å². The van der Waals surface area contributed by atoms with Gasteiger partial charge in [-0.1, -0.05) is 23.9 Å². The molecular formula is C24H25NO8S. The summed E-state index contributed by atoms with van der Waals surface area (Å²) in [6.07, 6.45) is 0.970. The van der Waals surface area contributed by atoms with Crippen LogP contribution in [0, 0.1) is 5.92 Å². The van der Waals surface area contributed by atoms with Crippen molar-refractivity contribution >= 4 is 28.8 Å². The summed E-state index contributed by atoms with van der Waals surface area (Å²) < 4.78 is 21.4. The van der Waals surface area contributed by atoms with Crippen LogP contribution < -0.4 is 24.3 Å². The Bertz CT molecular complexity index is 1090. The molecule has 2 atom stereocenters. The van der Waals surface area contributed by atoms with Gasteiger partial charge in [0, 0.05) is 12.7 Å². The number of nitrogens with one attached hydrogen (secondary N) is 1. The fourth-order valence-electron chi connectivity index (χ4n) is 3.75. The van der Waals surface area contributed by atoms with Gasteiger partial charge in [0.25, 0.3) is 0 Å². The quantitative estimate of drug-likeness (QED) is 0.521. The zero-order valence-corrected chi connectivity index (χ0v) is 19.4. The molecule has 34 heavy (non-hydrogen) atoms. The van der Waals surface area contributed by atoms with Crippen LogP contribution in [0.5, 0.6) is 23.0 Å². The monoisotopic (exact) mass is 487 g/mol. The number of hydrogen-bond donors (Lipinski definition) is 2. The Morgan fingerprint density at radius 2 is 1.53 bits per heavy atom. The van der Waals surface area contributed by atoms with Gasteiger partial charge in [-0.25, -0.2) is 4.79 Å². The third-order valence-electron chi connectivity index (χ3n) is 5.55. The Morgan fingerprint density at radius 1 is 0.941 bits per heavy atom. The van der Waals surface area contributed by atoms with E-state index in [1.807, 2.05) is 18.2 Å². The third-order valence-corrected chi connectivity index (χ3v) is 6.53. The minimum atomic E-state index is -1.12. The van der Waals surface area contributed by atoms with Crippen molar-refractivity contribution in [3.63, 3.8) is 0 Å². The summed E-state index contributed by atoms with van der Waals surface area (Å²) in [5.41, 5.74) is 1.72. The molecule has 180 valence electrons. The second-order valence-corrected chi connectivity index (χ2v) is 9.21. The summed E-state index contributed by atoms with van der Waals surface area (Å²) in [4.78, 5) is 36.5. The van der Waals surface area contributed by atoms with Crippen LogP contribution in [-0.4, -0.2) is 47.5 Å². The minimum absolute atomic E-state index is 0.110. The van der Waals surface area contributed by atoms with Crippen molar-refractivity contribution in [1.82, 2.24) is 5.32 Å². The highest BCUT2D eigenvalue weighted by Gasteiger charge is 2.27. The number of hydrogen-bond acceptors (Lipinski definition) is 8. The van der Waals surface area contributed by atoms with Crippen LogP contribution in [0.4, 0.5) is 0 Å². The molecule has 0 aliphatic carbocycles. The Labute approximate surface area is 200 Å². The summed E-state index contributed by atoms with van der Waals surface area (Å²) in [5.74, 6) is 0.630. The Morgan fingerprint density at radius 3 is 2.15 bits per heavy atom. The first-order valence-corrected chi connectivity index (χ1v) is 11.8. The summed E-state index contributed by atoms with van der Waals surface area (Å²) in [6.45, 7) is 1.74. The van der Waals surface area contributed by atoms with Crippen molar-refractivity contribution in [2.45, 2.75) is 32.2 Å². The van der Waals surface area contributed by atoms with Crippen LogP contribution in [0.1, 0.15) is 24.5 Å². The van der Waals surface area contributed by atoms with Crippen molar-refractivity contribution in [1.29, 1.82) is 0 Å². The molecule has 2 aliphatic rings. The zero-order chi connectivity index (χ0) is 24.1. The van der Waals surface area contributed by atoms with E-state index in [1.54, 1.807) is 18.2 Å². The van der Waals surface area contributed by atoms with E-state index in [4.69, 9.17) is 18.9 Å². The molecule has 2 aliphatic heterocycles. The van der Waals surface area contributed by atoms with Gasteiger partial charge in [-0.15, -0.1) is 0 Å². The van der Waals surface area contributed by atoms with Crippen LogP contribution in [0.2, 0.25) is 0 Å². The highest BCUT2D eigenvalue weighted by atomic mass is 32.2. The van der Waals surface area contributed by atoms with Crippen LogP contribution in [0.3, 0.4) is 0 Å². The van der Waals surface area contributed by atoms with Crippen molar-refractivity contribution in [3.05, 3.63) is 47.5 Å². The van der Waals surface area contributed by atoms with Gasteiger partial charge in [-0.2, -0.15) is 0 Å². The van der Waals surface area contributed by atoms with Gasteiger partial charge in [0.15, 0.2) is 28.1 Å². The zero-order valence-electron chi connectivity index (χ0n) is 18.6. The number of rotatable bonds is 10. The molecule has 10 heteroatoms. The Balaban J connectivity index is 1.41. The van der Waals surface area contributed by atoms with Crippen LogP contribution in [0.25, 0.3) is 0 Å². The predicted molar refractivity (Wildman–Crippen MR) is 123 cm³/mol. The molecule has 9 nitrogen and oxygen atoms in total. The smallest absolute Gasteiger partial charge is 0.326 e. The molecule has 2 heterocycles. The topological polar surface area (TPSA) is 120 Å². The lowest BCUT2D eigenvalue weighted by atomic mass is 9.98.